The molecule has 25 heavy (non-hydrogen) atoms. The van der Waals surface area contributed by atoms with E-state index < -0.39 is 0 Å². The van der Waals surface area contributed by atoms with Gasteiger partial charge in [0.2, 0.25) is 0 Å². The summed E-state index contributed by atoms with van der Waals surface area (Å²) in [5.41, 5.74) is 3.03. The van der Waals surface area contributed by atoms with E-state index in [0.717, 1.165) is 23.1 Å². The summed E-state index contributed by atoms with van der Waals surface area (Å²) in [6.07, 6.45) is 3.93. The number of aliphatic hydroxyl groups is 1. The average Bonchev–Trinajstić information content (AvgIpc) is 2.98. The Hall–Kier alpha value is -2.73. The number of aromatic nitrogens is 3. The van der Waals surface area contributed by atoms with Gasteiger partial charge >= 0.3 is 0 Å². The summed E-state index contributed by atoms with van der Waals surface area (Å²) in [5, 5.41) is 17.0. The van der Waals surface area contributed by atoms with E-state index in [1.54, 1.807) is 12.4 Å². The molecule has 0 unspecified atom stereocenters. The van der Waals surface area contributed by atoms with E-state index in [1.807, 2.05) is 35.0 Å². The molecule has 0 saturated heterocycles. The van der Waals surface area contributed by atoms with Gasteiger partial charge in [-0.05, 0) is 36.1 Å². The monoisotopic (exact) mass is 338 g/mol. The minimum absolute atomic E-state index is 0.113. The van der Waals surface area contributed by atoms with Crippen LogP contribution in [-0.4, -0.2) is 32.4 Å². The molecule has 0 radical (unpaired) electrons. The zero-order chi connectivity index (χ0) is 17.8. The Morgan fingerprint density at radius 3 is 2.68 bits per heavy atom. The predicted molar refractivity (Wildman–Crippen MR) is 97.6 cm³/mol. The van der Waals surface area contributed by atoms with Crippen LogP contribution in [0.4, 0.5) is 5.69 Å². The number of anilines is 1. The topological polar surface area (TPSA) is 80.0 Å². The van der Waals surface area contributed by atoms with Crippen molar-refractivity contribution in [1.29, 1.82) is 0 Å². The molecule has 3 aromatic rings. The molecule has 0 bridgehead atoms. The van der Waals surface area contributed by atoms with Gasteiger partial charge in [0.05, 0.1) is 11.8 Å². The Kier molecular flexibility index (Phi) is 5.09. The quantitative estimate of drug-likeness (QED) is 0.724. The molecule has 0 spiro atoms. The Morgan fingerprint density at radius 2 is 2.00 bits per heavy atom. The number of nitrogens with zero attached hydrogens (tertiary/aromatic N) is 3. The standard InChI is InChI=1S/C19H22N4O2/c1-13(2)12-23-18-15(11-21-23)9-16(10-20-18)19(25)22-17-5-3-14(4-6-17)7-8-24/h3-6,9-11,13,24H,7-8,12H2,1-2H3,(H,22,25). The highest BCUT2D eigenvalue weighted by Gasteiger charge is 2.11. The number of carbonyl (C=O) groups excluding carboxylic acids is 1. The molecule has 2 N–H and O–H groups in total. The molecule has 0 aliphatic heterocycles. The summed E-state index contributed by atoms with van der Waals surface area (Å²) in [6.45, 7) is 5.16. The van der Waals surface area contributed by atoms with Gasteiger partial charge < -0.3 is 10.4 Å². The predicted octanol–water partition coefficient (Wildman–Crippen LogP) is 2.87. The third kappa shape index (κ3) is 4.03. The normalized spacial score (nSPS) is 11.2. The van der Waals surface area contributed by atoms with Crippen LogP contribution >= 0.6 is 0 Å². The van der Waals surface area contributed by atoms with Gasteiger partial charge in [-0.15, -0.1) is 0 Å². The molecule has 2 heterocycles. The first-order valence-electron chi connectivity index (χ1n) is 8.39. The molecule has 130 valence electrons. The Bertz CT molecular complexity index is 869. The van der Waals surface area contributed by atoms with Crippen molar-refractivity contribution in [2.45, 2.75) is 26.8 Å². The van der Waals surface area contributed by atoms with Gasteiger partial charge in [-0.25, -0.2) is 9.67 Å². The maximum atomic E-state index is 12.4. The van der Waals surface area contributed by atoms with E-state index in [1.165, 1.54) is 0 Å². The van der Waals surface area contributed by atoms with E-state index in [0.29, 0.717) is 23.6 Å². The van der Waals surface area contributed by atoms with E-state index in [2.05, 4.69) is 29.2 Å². The third-order valence-electron chi connectivity index (χ3n) is 3.89. The van der Waals surface area contributed by atoms with E-state index >= 15 is 0 Å². The summed E-state index contributed by atoms with van der Waals surface area (Å²) in [7, 11) is 0. The molecule has 1 aromatic carbocycles. The van der Waals surface area contributed by atoms with Crippen LogP contribution in [0.15, 0.2) is 42.7 Å². The van der Waals surface area contributed by atoms with Crippen LogP contribution < -0.4 is 5.32 Å². The molecule has 1 amide bonds. The van der Waals surface area contributed by atoms with Crippen molar-refractivity contribution in [3.05, 3.63) is 53.9 Å². The molecule has 3 rings (SSSR count). The number of fused-ring (bicyclic) bond motifs is 1. The van der Waals surface area contributed by atoms with Crippen molar-refractivity contribution in [2.75, 3.05) is 11.9 Å². The van der Waals surface area contributed by atoms with Crippen molar-refractivity contribution in [2.24, 2.45) is 5.92 Å². The van der Waals surface area contributed by atoms with Gasteiger partial charge in [0.25, 0.3) is 5.91 Å². The van der Waals surface area contributed by atoms with Crippen molar-refractivity contribution in [1.82, 2.24) is 14.8 Å². The maximum absolute atomic E-state index is 12.4. The van der Waals surface area contributed by atoms with Crippen molar-refractivity contribution >= 4 is 22.6 Å². The number of hydrogen-bond acceptors (Lipinski definition) is 4. The summed E-state index contributed by atoms with van der Waals surface area (Å²) < 4.78 is 1.86. The lowest BCUT2D eigenvalue weighted by Crippen LogP contribution is -2.12. The second-order valence-electron chi connectivity index (χ2n) is 6.48. The van der Waals surface area contributed by atoms with Gasteiger partial charge in [-0.2, -0.15) is 5.10 Å². The summed E-state index contributed by atoms with van der Waals surface area (Å²) >= 11 is 0. The van der Waals surface area contributed by atoms with Crippen molar-refractivity contribution < 1.29 is 9.90 Å². The Labute approximate surface area is 146 Å². The lowest BCUT2D eigenvalue weighted by atomic mass is 10.1. The van der Waals surface area contributed by atoms with E-state index in [9.17, 15) is 4.79 Å². The van der Waals surface area contributed by atoms with E-state index in [-0.39, 0.29) is 12.5 Å². The number of carbonyl (C=O) groups is 1. The summed E-state index contributed by atoms with van der Waals surface area (Å²) in [5.74, 6) is 0.266. The molecular formula is C19H22N4O2. The summed E-state index contributed by atoms with van der Waals surface area (Å²) in [6, 6.07) is 9.25. The molecule has 0 atom stereocenters. The van der Waals surface area contributed by atoms with Gasteiger partial charge in [-0.3, -0.25) is 4.79 Å². The molecule has 6 heteroatoms. The maximum Gasteiger partial charge on any atom is 0.257 e. The van der Waals surface area contributed by atoms with Crippen molar-refractivity contribution in [3.8, 4) is 0 Å². The van der Waals surface area contributed by atoms with Crippen LogP contribution in [0.5, 0.6) is 0 Å². The van der Waals surface area contributed by atoms with Crippen LogP contribution in [0, 0.1) is 5.92 Å². The zero-order valence-electron chi connectivity index (χ0n) is 14.4. The minimum Gasteiger partial charge on any atom is -0.396 e. The Morgan fingerprint density at radius 1 is 1.24 bits per heavy atom. The highest BCUT2D eigenvalue weighted by molar-refractivity contribution is 6.05. The second kappa shape index (κ2) is 7.44. The molecule has 0 saturated carbocycles. The van der Waals surface area contributed by atoms with Crippen molar-refractivity contribution in [3.63, 3.8) is 0 Å². The van der Waals surface area contributed by atoms with Crippen LogP contribution in [0.2, 0.25) is 0 Å². The van der Waals surface area contributed by atoms with Crippen LogP contribution in [0.25, 0.3) is 11.0 Å². The fourth-order valence-corrected chi connectivity index (χ4v) is 2.66. The fraction of sp³-hybridized carbons (Fsp3) is 0.316. The van der Waals surface area contributed by atoms with Gasteiger partial charge in [-0.1, -0.05) is 26.0 Å². The number of benzene rings is 1. The smallest absolute Gasteiger partial charge is 0.257 e. The van der Waals surface area contributed by atoms with Crippen LogP contribution in [0.3, 0.4) is 0 Å². The third-order valence-corrected chi connectivity index (χ3v) is 3.89. The van der Waals surface area contributed by atoms with Gasteiger partial charge in [0.1, 0.15) is 0 Å². The Balaban J connectivity index is 1.75. The minimum atomic E-state index is -0.207. The molecule has 0 fully saturated rings. The number of nitrogens with one attached hydrogen (secondary N) is 1. The number of amides is 1. The number of pyridine rings is 1. The van der Waals surface area contributed by atoms with Gasteiger partial charge in [0.15, 0.2) is 5.65 Å². The first kappa shape index (κ1) is 17.1. The van der Waals surface area contributed by atoms with Crippen LogP contribution in [-0.2, 0) is 13.0 Å². The summed E-state index contributed by atoms with van der Waals surface area (Å²) in [4.78, 5) is 16.8. The zero-order valence-corrected chi connectivity index (χ0v) is 14.4. The molecule has 0 aliphatic rings. The highest BCUT2D eigenvalue weighted by Crippen LogP contribution is 2.16. The lowest BCUT2D eigenvalue weighted by Gasteiger charge is -2.07. The first-order chi connectivity index (χ1) is 12.1. The van der Waals surface area contributed by atoms with E-state index in [4.69, 9.17) is 5.11 Å². The SMILES string of the molecule is CC(C)Cn1ncc2cc(C(=O)Nc3ccc(CCO)cc3)cnc21. The largest absolute Gasteiger partial charge is 0.396 e. The molecule has 2 aromatic heterocycles. The van der Waals surface area contributed by atoms with Crippen LogP contribution in [0.1, 0.15) is 29.8 Å². The number of aliphatic hydroxyl groups excluding tert-OH is 1. The molecule has 6 nitrogen and oxygen atoms in total. The average molecular weight is 338 g/mol. The lowest BCUT2D eigenvalue weighted by molar-refractivity contribution is 0.102. The molecular weight excluding hydrogens is 316 g/mol. The number of rotatable bonds is 6. The first-order valence-corrected chi connectivity index (χ1v) is 8.39. The highest BCUT2D eigenvalue weighted by atomic mass is 16.3. The molecule has 0 aliphatic carbocycles. The second-order valence-corrected chi connectivity index (χ2v) is 6.48. The van der Waals surface area contributed by atoms with Gasteiger partial charge in [0, 0.05) is 30.4 Å². The number of hydrogen-bond donors (Lipinski definition) is 2. The fourth-order valence-electron chi connectivity index (χ4n) is 2.66.